The summed E-state index contributed by atoms with van der Waals surface area (Å²) in [6.07, 6.45) is -4.38. The first kappa shape index (κ1) is 58.1. The molecule has 0 unspecified atom stereocenters. The van der Waals surface area contributed by atoms with Crippen LogP contribution < -0.4 is 17.1 Å². The van der Waals surface area contributed by atoms with E-state index in [1.165, 1.54) is 50.6 Å². The van der Waals surface area contributed by atoms with Gasteiger partial charge < -0.3 is 12.4 Å². The van der Waals surface area contributed by atoms with E-state index in [1.54, 1.807) is 92.7 Å². The molecule has 0 spiro atoms. The Morgan fingerprint density at radius 2 is 0.987 bits per heavy atom. The fourth-order valence-corrected chi connectivity index (χ4v) is 21.0. The van der Waals surface area contributed by atoms with Crippen molar-refractivity contribution >= 4 is 74.0 Å². The van der Waals surface area contributed by atoms with Crippen molar-refractivity contribution in [2.75, 3.05) is 9.86 Å². The first-order chi connectivity index (χ1) is 35.5. The Bertz CT molecular complexity index is 3060. The van der Waals surface area contributed by atoms with Crippen LogP contribution in [-0.4, -0.2) is 25.9 Å². The summed E-state index contributed by atoms with van der Waals surface area (Å²) in [7, 11) is 6.30. The molecule has 0 N–H and O–H groups in total. The minimum atomic E-state index is -4.77. The van der Waals surface area contributed by atoms with Crippen LogP contribution in [0.2, 0.25) is 0 Å². The van der Waals surface area contributed by atoms with Gasteiger partial charge in [-0.3, -0.25) is 0 Å². The molecule has 8 aromatic carbocycles. The third-order valence-corrected chi connectivity index (χ3v) is 24.8. The van der Waals surface area contributed by atoms with Gasteiger partial charge in [0.1, 0.15) is 0 Å². The molecule has 75 heavy (non-hydrogen) atoms. The molecule has 0 saturated heterocycles. The molecule has 394 valence electrons. The van der Waals surface area contributed by atoms with Crippen LogP contribution in [0.25, 0.3) is 0 Å². The van der Waals surface area contributed by atoms with Crippen molar-refractivity contribution in [1.82, 2.24) is 0 Å². The van der Waals surface area contributed by atoms with Crippen LogP contribution in [0.15, 0.2) is 218 Å². The molecule has 0 radical (unpaired) electrons. The number of benzene rings is 8. The maximum Gasteiger partial charge on any atom is -1.00 e. The van der Waals surface area contributed by atoms with Gasteiger partial charge in [0.25, 0.3) is 0 Å². The van der Waals surface area contributed by atoms with Crippen LogP contribution in [0.4, 0.5) is 17.6 Å². The zero-order chi connectivity index (χ0) is 52.7. The third kappa shape index (κ3) is 12.1. The monoisotopic (exact) mass is 1400 g/mol. The zero-order valence-corrected chi connectivity index (χ0v) is 49.9. The molecule has 5 nitrogen and oxygen atoms in total. The van der Waals surface area contributed by atoms with Gasteiger partial charge in [0.15, 0.2) is 0 Å². The normalized spacial score (nSPS) is 15.3. The van der Waals surface area contributed by atoms with Gasteiger partial charge in [0, 0.05) is 0 Å². The fourth-order valence-electron chi connectivity index (χ4n) is 8.83. The second-order valence-corrected chi connectivity index (χ2v) is 32.5. The van der Waals surface area contributed by atoms with Gasteiger partial charge in [-0.05, 0) is 0 Å². The largest absolute Gasteiger partial charge is 1.00 e. The number of carbonyl (C=O) groups excluding carboxylic acids is 1. The van der Waals surface area contributed by atoms with Crippen LogP contribution in [0, 0.1) is 17.6 Å². The summed E-state index contributed by atoms with van der Waals surface area (Å²) in [6.45, 7) is 7.39. The van der Waals surface area contributed by atoms with Crippen molar-refractivity contribution in [3.63, 3.8) is 0 Å². The third-order valence-electron chi connectivity index (χ3n) is 12.4. The van der Waals surface area contributed by atoms with E-state index in [9.17, 15) is 4.79 Å². The summed E-state index contributed by atoms with van der Waals surface area (Å²) in [5.74, 6) is -0.517. The number of alkyl halides is 7. The molecule has 2 aliphatic heterocycles. The second kappa shape index (κ2) is 24.8. The molecule has 2 aliphatic rings. The van der Waals surface area contributed by atoms with Crippen molar-refractivity contribution in [2.45, 2.75) is 61.0 Å². The van der Waals surface area contributed by atoms with E-state index in [2.05, 4.69) is 99.5 Å². The summed E-state index contributed by atoms with van der Waals surface area (Å²) in [5.41, 5.74) is 4.74. The molecule has 0 amide bonds. The standard InChI is InChI=1S/C28H21F4IO2.C20H17IO.C13H18ClIO2.ClH/c1-20-16-18-23(19-17-20)34-28(31,32)27(29,30)33-25-15-9-8-14-24(25)26(35-33,21-10-4-2-5-11-21)22-12-6-3-7-13-22;1-21-19-15-9-8-14-18(19)20(22-21,16-10-4-2-5-11-16)17-12-6-3-7-13-17;1-5-12(16)17-13(2,3)10-8-6-7-9-11(10)15(4)14;/h2-19H,1H3;2-15H,1H3;6-9H,5H2,1-4H3;1H/p-1. The first-order valence-corrected chi connectivity index (χ1v) is 36.8. The molecule has 0 bridgehead atoms. The SMILES string of the molecule is CCC(=O)OC(C)(C)c1ccccc1I(C)Cl.CI1OC(c2ccccc2)(c2ccccc2)c2ccccc21.Cc1ccc(OC(F)(F)C(F)(F)I2OC(c3ccccc3)(c3ccccc3)c3ccccc32)cc1.[Cl-]. The Kier molecular flexibility index (Phi) is 19.2. The van der Waals surface area contributed by atoms with Gasteiger partial charge >= 0.3 is 462 Å². The average Bonchev–Trinajstić information content (AvgIpc) is 3.99. The van der Waals surface area contributed by atoms with Crippen LogP contribution >= 0.6 is 68.1 Å². The van der Waals surface area contributed by atoms with E-state index >= 15 is 17.6 Å². The number of fused-ring (bicyclic) bond motifs is 2. The molecule has 0 saturated carbocycles. The van der Waals surface area contributed by atoms with E-state index in [1.807, 2.05) is 38.1 Å². The average molecular weight is 1400 g/mol. The van der Waals surface area contributed by atoms with E-state index in [4.69, 9.17) is 19.8 Å². The van der Waals surface area contributed by atoms with E-state index in [0.29, 0.717) is 23.1 Å². The summed E-state index contributed by atoms with van der Waals surface area (Å²) < 4.78 is 83.2. The maximum atomic E-state index is 15.8. The van der Waals surface area contributed by atoms with Crippen LogP contribution in [-0.2, 0) is 32.5 Å². The van der Waals surface area contributed by atoms with Gasteiger partial charge in [0.2, 0.25) is 0 Å². The number of halogens is 9. The Morgan fingerprint density at radius 1 is 0.587 bits per heavy atom. The van der Waals surface area contributed by atoms with Gasteiger partial charge in [-0.1, -0.05) is 0 Å². The molecule has 0 aromatic heterocycles. The van der Waals surface area contributed by atoms with Gasteiger partial charge in [-0.25, -0.2) is 0 Å². The second-order valence-electron chi connectivity index (χ2n) is 17.8. The molecule has 0 fully saturated rings. The molecular weight excluding hydrogens is 1340 g/mol. The number of rotatable bonds is 12. The Labute approximate surface area is 470 Å². The Morgan fingerprint density at radius 3 is 1.45 bits per heavy atom. The molecular formula is C61H56Cl2F4I3O5-. The van der Waals surface area contributed by atoms with E-state index < -0.39 is 86.0 Å². The van der Waals surface area contributed by atoms with Gasteiger partial charge in [-0.15, -0.1) is 0 Å². The topological polar surface area (TPSA) is 54.0 Å². The smallest absolute Gasteiger partial charge is 1.00 e. The van der Waals surface area contributed by atoms with Crippen molar-refractivity contribution in [3.05, 3.63) is 274 Å². The first-order valence-electron chi connectivity index (χ1n) is 23.7. The number of carbonyl (C=O) groups is 1. The zero-order valence-electron chi connectivity index (χ0n) is 41.9. The molecule has 2 heterocycles. The molecule has 14 heteroatoms. The number of aryl methyl sites for hydroxylation is 1. The predicted octanol–water partition coefficient (Wildman–Crippen LogP) is 14.7. The summed E-state index contributed by atoms with van der Waals surface area (Å²) in [5, 5.41) is 0. The van der Waals surface area contributed by atoms with Crippen LogP contribution in [0.1, 0.15) is 71.7 Å². The van der Waals surface area contributed by atoms with Crippen LogP contribution in [0.5, 0.6) is 5.75 Å². The van der Waals surface area contributed by atoms with E-state index in [0.717, 1.165) is 14.7 Å². The minimum Gasteiger partial charge on any atom is -1.00 e. The Balaban J connectivity index is 0.000000176. The predicted molar refractivity (Wildman–Crippen MR) is 314 cm³/mol. The number of hydrogen-bond acceptors (Lipinski definition) is 5. The minimum absolute atomic E-state index is 0. The molecule has 0 aliphatic carbocycles. The molecule has 8 aromatic rings. The summed E-state index contributed by atoms with van der Waals surface area (Å²) in [6, 6.07) is 67.7. The summed E-state index contributed by atoms with van der Waals surface area (Å²) in [4.78, 5) is 15.8. The molecule has 0 atom stereocenters. The maximum absolute atomic E-state index is 15.8. The van der Waals surface area contributed by atoms with Crippen molar-refractivity contribution in [1.29, 1.82) is 0 Å². The summed E-state index contributed by atoms with van der Waals surface area (Å²) >= 11 is -7.59. The molecule has 10 rings (SSSR count). The number of esters is 1. The number of hydrogen-bond donors (Lipinski definition) is 0. The number of ether oxygens (including phenoxy) is 2. The quantitative estimate of drug-likeness (QED) is 0.0528. The van der Waals surface area contributed by atoms with Crippen molar-refractivity contribution in [2.24, 2.45) is 0 Å². The van der Waals surface area contributed by atoms with Crippen molar-refractivity contribution in [3.8, 4) is 5.75 Å². The van der Waals surface area contributed by atoms with E-state index in [-0.39, 0.29) is 27.7 Å². The van der Waals surface area contributed by atoms with Gasteiger partial charge in [0.05, 0.1) is 0 Å². The van der Waals surface area contributed by atoms with Crippen LogP contribution in [0.3, 0.4) is 0 Å². The van der Waals surface area contributed by atoms with Crippen molar-refractivity contribution < 1.29 is 50.4 Å². The van der Waals surface area contributed by atoms with Gasteiger partial charge in [-0.2, -0.15) is 0 Å². The Hall–Kier alpha value is -4.56. The fraction of sp³-hybridized carbons (Fsp3) is 0.197.